The zero-order valence-corrected chi connectivity index (χ0v) is 7.60. The van der Waals surface area contributed by atoms with Gasteiger partial charge in [-0.25, -0.2) is 9.87 Å². The molecule has 0 aliphatic heterocycles. The van der Waals surface area contributed by atoms with Crippen LogP contribution in [-0.4, -0.2) is 12.3 Å². The standard InChI is InChI=1S/C9H12FNO2/c1-6-3-8(10)7(5-11-12)4-9(6)13-2/h3-4,11-12H,5H2,1-2H3. The Morgan fingerprint density at radius 1 is 1.54 bits per heavy atom. The lowest BCUT2D eigenvalue weighted by Gasteiger charge is -2.08. The van der Waals surface area contributed by atoms with Crippen LogP contribution < -0.4 is 10.2 Å². The van der Waals surface area contributed by atoms with Crippen LogP contribution in [0.5, 0.6) is 5.75 Å². The molecule has 1 aromatic carbocycles. The van der Waals surface area contributed by atoms with E-state index in [2.05, 4.69) is 0 Å². The number of hydroxylamine groups is 1. The van der Waals surface area contributed by atoms with Crippen LogP contribution in [0.15, 0.2) is 12.1 Å². The van der Waals surface area contributed by atoms with Gasteiger partial charge in [0.1, 0.15) is 11.6 Å². The summed E-state index contributed by atoms with van der Waals surface area (Å²) >= 11 is 0. The van der Waals surface area contributed by atoms with Crippen LogP contribution in [0.3, 0.4) is 0 Å². The highest BCUT2D eigenvalue weighted by molar-refractivity contribution is 5.37. The molecular formula is C9H12FNO2. The lowest BCUT2D eigenvalue weighted by atomic mass is 10.1. The molecule has 72 valence electrons. The van der Waals surface area contributed by atoms with Gasteiger partial charge in [-0.15, -0.1) is 0 Å². The lowest BCUT2D eigenvalue weighted by molar-refractivity contribution is 0.160. The molecule has 0 bridgehead atoms. The van der Waals surface area contributed by atoms with E-state index in [1.54, 1.807) is 13.0 Å². The molecule has 0 fully saturated rings. The minimum absolute atomic E-state index is 0.0719. The average Bonchev–Trinajstić information content (AvgIpc) is 2.10. The number of hydrogen-bond acceptors (Lipinski definition) is 3. The molecule has 0 saturated heterocycles. The van der Waals surface area contributed by atoms with Gasteiger partial charge in [0.2, 0.25) is 0 Å². The van der Waals surface area contributed by atoms with E-state index in [-0.39, 0.29) is 12.4 Å². The summed E-state index contributed by atoms with van der Waals surface area (Å²) in [6.45, 7) is 1.83. The number of halogens is 1. The smallest absolute Gasteiger partial charge is 0.128 e. The van der Waals surface area contributed by atoms with Gasteiger partial charge in [-0.1, -0.05) is 0 Å². The van der Waals surface area contributed by atoms with E-state index in [0.717, 1.165) is 5.56 Å². The number of hydrogen-bond donors (Lipinski definition) is 2. The van der Waals surface area contributed by atoms with Gasteiger partial charge < -0.3 is 9.94 Å². The van der Waals surface area contributed by atoms with Crippen LogP contribution >= 0.6 is 0 Å². The maximum atomic E-state index is 13.1. The fourth-order valence-electron chi connectivity index (χ4n) is 1.14. The summed E-state index contributed by atoms with van der Waals surface area (Å²) in [6, 6.07) is 2.94. The number of benzene rings is 1. The third-order valence-corrected chi connectivity index (χ3v) is 1.83. The first-order chi connectivity index (χ1) is 6.19. The summed E-state index contributed by atoms with van der Waals surface area (Å²) in [5.74, 6) is 0.270. The van der Waals surface area contributed by atoms with E-state index >= 15 is 0 Å². The van der Waals surface area contributed by atoms with Crippen molar-refractivity contribution in [2.75, 3.05) is 7.11 Å². The van der Waals surface area contributed by atoms with Crippen LogP contribution in [0, 0.1) is 12.7 Å². The van der Waals surface area contributed by atoms with Crippen molar-refractivity contribution in [1.29, 1.82) is 0 Å². The molecule has 1 rings (SSSR count). The summed E-state index contributed by atoms with van der Waals surface area (Å²) in [6.07, 6.45) is 0. The summed E-state index contributed by atoms with van der Waals surface area (Å²) in [5, 5.41) is 8.42. The highest BCUT2D eigenvalue weighted by Gasteiger charge is 2.06. The second-order valence-electron chi connectivity index (χ2n) is 2.75. The average molecular weight is 185 g/mol. The molecule has 1 aromatic rings. The van der Waals surface area contributed by atoms with Gasteiger partial charge in [0.25, 0.3) is 0 Å². The van der Waals surface area contributed by atoms with Crippen molar-refractivity contribution in [3.63, 3.8) is 0 Å². The minimum Gasteiger partial charge on any atom is -0.496 e. The van der Waals surface area contributed by atoms with Gasteiger partial charge in [0.05, 0.1) is 7.11 Å². The van der Waals surface area contributed by atoms with Crippen LogP contribution in [0.25, 0.3) is 0 Å². The Bertz CT molecular complexity index is 302. The van der Waals surface area contributed by atoms with Gasteiger partial charge in [0, 0.05) is 12.1 Å². The predicted molar refractivity (Wildman–Crippen MR) is 46.3 cm³/mol. The Hall–Kier alpha value is -1.13. The summed E-state index contributed by atoms with van der Waals surface area (Å²) < 4.78 is 18.2. The topological polar surface area (TPSA) is 41.5 Å². The number of nitrogens with one attached hydrogen (secondary N) is 1. The van der Waals surface area contributed by atoms with Crippen molar-refractivity contribution in [1.82, 2.24) is 5.48 Å². The first-order valence-electron chi connectivity index (χ1n) is 3.89. The van der Waals surface area contributed by atoms with Crippen LogP contribution in [0.2, 0.25) is 0 Å². The van der Waals surface area contributed by atoms with Crippen molar-refractivity contribution in [3.8, 4) is 5.75 Å². The number of methoxy groups -OCH3 is 1. The number of rotatable bonds is 3. The molecule has 0 spiro atoms. The van der Waals surface area contributed by atoms with Gasteiger partial charge in [-0.2, -0.15) is 0 Å². The third-order valence-electron chi connectivity index (χ3n) is 1.83. The van der Waals surface area contributed by atoms with Crippen molar-refractivity contribution in [2.45, 2.75) is 13.5 Å². The molecule has 0 amide bonds. The zero-order valence-electron chi connectivity index (χ0n) is 7.60. The van der Waals surface area contributed by atoms with Crippen LogP contribution in [0.1, 0.15) is 11.1 Å². The second-order valence-corrected chi connectivity index (χ2v) is 2.75. The molecule has 0 atom stereocenters. The maximum Gasteiger partial charge on any atom is 0.128 e. The molecule has 0 aliphatic rings. The Labute approximate surface area is 76.1 Å². The van der Waals surface area contributed by atoms with E-state index < -0.39 is 0 Å². The molecule has 0 unspecified atom stereocenters. The molecule has 0 heterocycles. The quantitative estimate of drug-likeness (QED) is 0.703. The first-order valence-corrected chi connectivity index (χ1v) is 3.89. The first kappa shape index (κ1) is 9.95. The normalized spacial score (nSPS) is 10.2. The highest BCUT2D eigenvalue weighted by atomic mass is 19.1. The molecule has 0 radical (unpaired) electrons. The molecule has 4 heteroatoms. The highest BCUT2D eigenvalue weighted by Crippen LogP contribution is 2.21. The monoisotopic (exact) mass is 185 g/mol. The molecule has 0 saturated carbocycles. The van der Waals surface area contributed by atoms with Gasteiger partial charge >= 0.3 is 0 Å². The Morgan fingerprint density at radius 3 is 2.77 bits per heavy atom. The second kappa shape index (κ2) is 4.20. The SMILES string of the molecule is COc1cc(CNO)c(F)cc1C. The molecule has 3 nitrogen and oxygen atoms in total. The summed E-state index contributed by atoms with van der Waals surface area (Å²) in [7, 11) is 1.52. The van der Waals surface area contributed by atoms with E-state index in [0.29, 0.717) is 11.3 Å². The fourth-order valence-corrected chi connectivity index (χ4v) is 1.14. The Morgan fingerprint density at radius 2 is 2.23 bits per heavy atom. The minimum atomic E-state index is -0.347. The van der Waals surface area contributed by atoms with Crippen molar-refractivity contribution in [3.05, 3.63) is 29.1 Å². The van der Waals surface area contributed by atoms with Crippen molar-refractivity contribution >= 4 is 0 Å². The van der Waals surface area contributed by atoms with Crippen LogP contribution in [0.4, 0.5) is 4.39 Å². The summed E-state index contributed by atoms with van der Waals surface area (Å²) in [4.78, 5) is 0. The Kier molecular flexibility index (Phi) is 3.22. The number of ether oxygens (including phenoxy) is 1. The lowest BCUT2D eigenvalue weighted by Crippen LogP contribution is -2.08. The van der Waals surface area contributed by atoms with E-state index in [4.69, 9.17) is 9.94 Å². The maximum absolute atomic E-state index is 13.1. The van der Waals surface area contributed by atoms with E-state index in [9.17, 15) is 4.39 Å². The molecule has 13 heavy (non-hydrogen) atoms. The number of aryl methyl sites for hydroxylation is 1. The Balaban J connectivity index is 3.06. The van der Waals surface area contributed by atoms with Crippen molar-refractivity contribution < 1.29 is 14.3 Å². The molecular weight excluding hydrogens is 173 g/mol. The van der Waals surface area contributed by atoms with Gasteiger partial charge in [-0.3, -0.25) is 0 Å². The molecule has 0 aliphatic carbocycles. The van der Waals surface area contributed by atoms with E-state index in [1.165, 1.54) is 13.2 Å². The molecule has 0 aromatic heterocycles. The molecule has 2 N–H and O–H groups in total. The third kappa shape index (κ3) is 2.17. The van der Waals surface area contributed by atoms with Crippen LogP contribution in [-0.2, 0) is 6.54 Å². The van der Waals surface area contributed by atoms with E-state index in [1.807, 2.05) is 5.48 Å². The largest absolute Gasteiger partial charge is 0.496 e. The van der Waals surface area contributed by atoms with Crippen molar-refractivity contribution in [2.24, 2.45) is 0 Å². The zero-order chi connectivity index (χ0) is 9.84. The van der Waals surface area contributed by atoms with Gasteiger partial charge in [-0.05, 0) is 24.6 Å². The van der Waals surface area contributed by atoms with Gasteiger partial charge in [0.15, 0.2) is 0 Å². The summed E-state index contributed by atoms with van der Waals surface area (Å²) in [5.41, 5.74) is 3.02. The predicted octanol–water partition coefficient (Wildman–Crippen LogP) is 1.62. The fraction of sp³-hybridized carbons (Fsp3) is 0.333.